The predicted molar refractivity (Wildman–Crippen MR) is 76.5 cm³/mol. The molecule has 5 unspecified atom stereocenters. The molecule has 1 aromatic carbocycles. The molecule has 0 aromatic heterocycles. The number of carbonyl (C=O) groups is 3. The molecule has 3 fully saturated rings. The zero-order chi connectivity index (χ0) is 16.5. The number of aliphatic hydroxyl groups excluding tert-OH is 2. The molecule has 2 bridgehead atoms. The van der Waals surface area contributed by atoms with Crippen molar-refractivity contribution in [3.63, 3.8) is 0 Å². The predicted octanol–water partition coefficient (Wildman–Crippen LogP) is -0.138. The minimum atomic E-state index is -1.09. The van der Waals surface area contributed by atoms with Crippen LogP contribution >= 0.6 is 0 Å². The fraction of sp³-hybridized carbons (Fsp3) is 0.438. The molecule has 0 spiro atoms. The fourth-order valence-corrected chi connectivity index (χ4v) is 4.44. The SMILES string of the molecule is O=C(O)c1ccc(N2C(=O)C3C4CC(C3C2=O)[C@H](O)C4O)cc1. The Morgan fingerprint density at radius 2 is 1.43 bits per heavy atom. The molecule has 3 aliphatic rings. The van der Waals surface area contributed by atoms with Gasteiger partial charge in [-0.25, -0.2) is 4.79 Å². The van der Waals surface area contributed by atoms with Gasteiger partial charge in [-0.05, 0) is 30.7 Å². The van der Waals surface area contributed by atoms with Gasteiger partial charge in [0.05, 0.1) is 35.3 Å². The number of aromatic carboxylic acids is 1. The Labute approximate surface area is 131 Å². The van der Waals surface area contributed by atoms with Crippen LogP contribution in [0.2, 0.25) is 0 Å². The summed E-state index contributed by atoms with van der Waals surface area (Å²) in [5, 5.41) is 28.9. The summed E-state index contributed by atoms with van der Waals surface area (Å²) in [6, 6.07) is 5.53. The number of benzene rings is 1. The summed E-state index contributed by atoms with van der Waals surface area (Å²) < 4.78 is 0. The van der Waals surface area contributed by atoms with Crippen molar-refractivity contribution in [1.82, 2.24) is 0 Å². The molecule has 2 saturated carbocycles. The first-order valence-corrected chi connectivity index (χ1v) is 7.49. The second-order valence-corrected chi connectivity index (χ2v) is 6.46. The van der Waals surface area contributed by atoms with Crippen molar-refractivity contribution in [2.75, 3.05) is 4.90 Å². The van der Waals surface area contributed by atoms with Gasteiger partial charge in [-0.2, -0.15) is 0 Å². The minimum absolute atomic E-state index is 0.0685. The molecule has 1 aliphatic heterocycles. The number of fused-ring (bicyclic) bond motifs is 5. The molecule has 120 valence electrons. The second kappa shape index (κ2) is 4.62. The van der Waals surface area contributed by atoms with Gasteiger partial charge < -0.3 is 15.3 Å². The number of carboxylic acid groups (broad SMARTS) is 1. The van der Waals surface area contributed by atoms with Crippen LogP contribution in [0, 0.1) is 23.7 Å². The highest BCUT2D eigenvalue weighted by Gasteiger charge is 2.67. The summed E-state index contributed by atoms with van der Waals surface area (Å²) in [5.41, 5.74) is 0.390. The molecule has 23 heavy (non-hydrogen) atoms. The Kier molecular flexibility index (Phi) is 2.88. The van der Waals surface area contributed by atoms with Gasteiger partial charge in [0, 0.05) is 11.8 Å². The van der Waals surface area contributed by atoms with Crippen LogP contribution in [0.3, 0.4) is 0 Å². The number of rotatable bonds is 2. The van der Waals surface area contributed by atoms with E-state index >= 15 is 0 Å². The van der Waals surface area contributed by atoms with Gasteiger partial charge in [0.2, 0.25) is 11.8 Å². The first-order valence-electron chi connectivity index (χ1n) is 7.49. The molecule has 1 saturated heterocycles. The van der Waals surface area contributed by atoms with Crippen LogP contribution in [0.5, 0.6) is 0 Å². The molecule has 1 aromatic rings. The third-order valence-corrected chi connectivity index (χ3v) is 5.46. The average Bonchev–Trinajstić information content (AvgIpc) is 3.12. The number of hydrogen-bond acceptors (Lipinski definition) is 5. The van der Waals surface area contributed by atoms with Crippen molar-refractivity contribution < 1.29 is 29.7 Å². The van der Waals surface area contributed by atoms with Crippen molar-refractivity contribution in [3.05, 3.63) is 29.8 Å². The van der Waals surface area contributed by atoms with Crippen molar-refractivity contribution >= 4 is 23.5 Å². The summed E-state index contributed by atoms with van der Waals surface area (Å²) in [6.07, 6.45) is -1.44. The Morgan fingerprint density at radius 1 is 0.957 bits per heavy atom. The molecule has 4 rings (SSSR count). The van der Waals surface area contributed by atoms with Crippen LogP contribution in [-0.2, 0) is 9.59 Å². The minimum Gasteiger partial charge on any atom is -0.478 e. The van der Waals surface area contributed by atoms with Gasteiger partial charge in [-0.1, -0.05) is 0 Å². The van der Waals surface area contributed by atoms with Crippen LogP contribution in [0.4, 0.5) is 5.69 Å². The van der Waals surface area contributed by atoms with E-state index in [-0.39, 0.29) is 29.2 Å². The standard InChI is InChI=1S/C16H15NO6/c18-12-8-5-9(13(12)19)11-10(8)14(20)17(15(11)21)7-3-1-6(2-4-7)16(22)23/h1-4,8-13,18-19H,5H2,(H,22,23)/t8?,9?,10?,11?,12-,13?/m0/s1. The monoisotopic (exact) mass is 317 g/mol. The van der Waals surface area contributed by atoms with Gasteiger partial charge in [0.25, 0.3) is 0 Å². The molecule has 2 aliphatic carbocycles. The van der Waals surface area contributed by atoms with E-state index in [2.05, 4.69) is 0 Å². The first-order chi connectivity index (χ1) is 10.9. The molecule has 3 N–H and O–H groups in total. The Hall–Kier alpha value is -2.25. The molecule has 7 heteroatoms. The van der Waals surface area contributed by atoms with Gasteiger partial charge in [-0.15, -0.1) is 0 Å². The fourth-order valence-electron chi connectivity index (χ4n) is 4.44. The molecular weight excluding hydrogens is 302 g/mol. The van der Waals surface area contributed by atoms with Crippen LogP contribution in [0.15, 0.2) is 24.3 Å². The van der Waals surface area contributed by atoms with E-state index in [9.17, 15) is 24.6 Å². The van der Waals surface area contributed by atoms with E-state index in [4.69, 9.17) is 5.11 Å². The van der Waals surface area contributed by atoms with E-state index in [0.717, 1.165) is 4.90 Å². The molecule has 2 amide bonds. The van der Waals surface area contributed by atoms with Crippen molar-refractivity contribution in [1.29, 1.82) is 0 Å². The Balaban J connectivity index is 1.68. The van der Waals surface area contributed by atoms with E-state index in [1.165, 1.54) is 24.3 Å². The van der Waals surface area contributed by atoms with E-state index < -0.39 is 30.0 Å². The summed E-state index contributed by atoms with van der Waals surface area (Å²) in [5.74, 6) is -3.80. The van der Waals surface area contributed by atoms with Crippen molar-refractivity contribution in [2.45, 2.75) is 18.6 Å². The summed E-state index contributed by atoms with van der Waals surface area (Å²) in [4.78, 5) is 37.3. The third-order valence-electron chi connectivity index (χ3n) is 5.46. The van der Waals surface area contributed by atoms with E-state index in [0.29, 0.717) is 12.1 Å². The van der Waals surface area contributed by atoms with Crippen LogP contribution in [0.25, 0.3) is 0 Å². The van der Waals surface area contributed by atoms with Crippen molar-refractivity contribution in [2.24, 2.45) is 23.7 Å². The van der Waals surface area contributed by atoms with Gasteiger partial charge in [-0.3, -0.25) is 14.5 Å². The highest BCUT2D eigenvalue weighted by Crippen LogP contribution is 2.56. The highest BCUT2D eigenvalue weighted by atomic mass is 16.4. The summed E-state index contributed by atoms with van der Waals surface area (Å²) in [7, 11) is 0. The van der Waals surface area contributed by atoms with E-state index in [1.807, 2.05) is 0 Å². The van der Waals surface area contributed by atoms with Crippen LogP contribution in [-0.4, -0.2) is 45.3 Å². The maximum atomic E-state index is 12.7. The normalized spacial score (nSPS) is 38.3. The lowest BCUT2D eigenvalue weighted by molar-refractivity contribution is -0.129. The van der Waals surface area contributed by atoms with Crippen molar-refractivity contribution in [3.8, 4) is 0 Å². The number of carbonyl (C=O) groups excluding carboxylic acids is 2. The molecule has 7 nitrogen and oxygen atoms in total. The maximum absolute atomic E-state index is 12.7. The first kappa shape index (κ1) is 14.3. The summed E-state index contributed by atoms with van der Waals surface area (Å²) >= 11 is 0. The lowest BCUT2D eigenvalue weighted by Gasteiger charge is -2.29. The van der Waals surface area contributed by atoms with Gasteiger partial charge in [0.15, 0.2) is 0 Å². The quantitative estimate of drug-likeness (QED) is 0.654. The van der Waals surface area contributed by atoms with Crippen LogP contribution in [0.1, 0.15) is 16.8 Å². The molecule has 1 heterocycles. The lowest BCUT2D eigenvalue weighted by atomic mass is 9.78. The zero-order valence-electron chi connectivity index (χ0n) is 12.0. The van der Waals surface area contributed by atoms with Gasteiger partial charge in [0.1, 0.15) is 0 Å². The van der Waals surface area contributed by atoms with Crippen LogP contribution < -0.4 is 4.90 Å². The topological polar surface area (TPSA) is 115 Å². The Bertz CT molecular complexity index is 682. The number of carboxylic acids is 1. The lowest BCUT2D eigenvalue weighted by Crippen LogP contribution is -2.43. The Morgan fingerprint density at radius 3 is 1.87 bits per heavy atom. The average molecular weight is 317 g/mol. The van der Waals surface area contributed by atoms with E-state index in [1.54, 1.807) is 0 Å². The maximum Gasteiger partial charge on any atom is 0.335 e. The summed E-state index contributed by atoms with van der Waals surface area (Å²) in [6.45, 7) is 0. The number of imide groups is 1. The highest BCUT2D eigenvalue weighted by molar-refractivity contribution is 6.22. The molecule has 0 radical (unpaired) electrons. The second-order valence-electron chi connectivity index (χ2n) is 6.46. The largest absolute Gasteiger partial charge is 0.478 e. The number of amides is 2. The number of nitrogens with zero attached hydrogens (tertiary/aromatic N) is 1. The third kappa shape index (κ3) is 1.74. The molecule has 6 atom stereocenters. The number of anilines is 1. The molecular formula is C16H15NO6. The smallest absolute Gasteiger partial charge is 0.335 e. The van der Waals surface area contributed by atoms with Gasteiger partial charge >= 0.3 is 5.97 Å². The number of aliphatic hydroxyl groups is 2. The number of hydrogen-bond donors (Lipinski definition) is 3. The zero-order valence-corrected chi connectivity index (χ0v) is 12.0.